The van der Waals surface area contributed by atoms with E-state index in [4.69, 9.17) is 4.74 Å². The maximum Gasteiger partial charge on any atom is 0.317 e. The maximum atomic E-state index is 12.7. The van der Waals surface area contributed by atoms with Gasteiger partial charge in [0, 0.05) is 55.8 Å². The number of nitrogens with one attached hydrogen (secondary N) is 1. The van der Waals surface area contributed by atoms with Crippen molar-refractivity contribution in [2.24, 2.45) is 5.92 Å². The largest absolute Gasteiger partial charge is 0.381 e. The summed E-state index contributed by atoms with van der Waals surface area (Å²) in [5.74, 6) is 1.21. The summed E-state index contributed by atoms with van der Waals surface area (Å²) in [7, 11) is 0. The van der Waals surface area contributed by atoms with Crippen LogP contribution in [0.4, 0.5) is 4.79 Å². The van der Waals surface area contributed by atoms with E-state index in [1.807, 2.05) is 29.3 Å². The molecular weight excluding hydrogens is 318 g/mol. The van der Waals surface area contributed by atoms with Crippen LogP contribution >= 0.6 is 0 Å². The van der Waals surface area contributed by atoms with Crippen molar-refractivity contribution in [2.45, 2.75) is 31.8 Å². The summed E-state index contributed by atoms with van der Waals surface area (Å²) in [6.45, 7) is 2.80. The van der Waals surface area contributed by atoms with Gasteiger partial charge in [0.2, 0.25) is 0 Å². The highest BCUT2D eigenvalue weighted by molar-refractivity contribution is 5.75. The minimum atomic E-state index is 0.00432. The van der Waals surface area contributed by atoms with Crippen molar-refractivity contribution in [3.8, 4) is 5.82 Å². The second-order valence-corrected chi connectivity index (χ2v) is 6.71. The van der Waals surface area contributed by atoms with Gasteiger partial charge < -0.3 is 15.0 Å². The zero-order valence-electron chi connectivity index (χ0n) is 14.2. The van der Waals surface area contributed by atoms with Crippen LogP contribution in [0.2, 0.25) is 0 Å². The number of rotatable bonds is 6. The second kappa shape index (κ2) is 7.23. The van der Waals surface area contributed by atoms with Gasteiger partial charge in [-0.2, -0.15) is 5.10 Å². The van der Waals surface area contributed by atoms with E-state index < -0.39 is 0 Å². The molecule has 3 heterocycles. The zero-order valence-corrected chi connectivity index (χ0v) is 14.2. The van der Waals surface area contributed by atoms with Gasteiger partial charge in [0.1, 0.15) is 0 Å². The van der Waals surface area contributed by atoms with E-state index >= 15 is 0 Å². The van der Waals surface area contributed by atoms with Crippen molar-refractivity contribution in [3.05, 3.63) is 42.4 Å². The smallest absolute Gasteiger partial charge is 0.317 e. The third-order valence-corrected chi connectivity index (χ3v) is 4.75. The molecule has 132 valence electrons. The lowest BCUT2D eigenvalue weighted by Crippen LogP contribution is -2.43. The number of pyridine rings is 1. The van der Waals surface area contributed by atoms with Gasteiger partial charge in [-0.1, -0.05) is 6.07 Å². The van der Waals surface area contributed by atoms with E-state index in [9.17, 15) is 4.79 Å². The molecule has 0 spiro atoms. The molecule has 0 radical (unpaired) electrons. The van der Waals surface area contributed by atoms with Crippen LogP contribution < -0.4 is 5.32 Å². The monoisotopic (exact) mass is 341 g/mol. The Morgan fingerprint density at radius 2 is 2.24 bits per heavy atom. The van der Waals surface area contributed by atoms with Gasteiger partial charge in [-0.05, 0) is 31.4 Å². The Morgan fingerprint density at radius 3 is 2.96 bits per heavy atom. The average Bonchev–Trinajstić information content (AvgIpc) is 3.12. The Labute approximate surface area is 147 Å². The van der Waals surface area contributed by atoms with Crippen molar-refractivity contribution >= 4 is 6.03 Å². The molecule has 7 heteroatoms. The minimum Gasteiger partial charge on any atom is -0.381 e. The Balaban J connectivity index is 1.41. The minimum absolute atomic E-state index is 0.00432. The zero-order chi connectivity index (χ0) is 17.1. The topological polar surface area (TPSA) is 72.3 Å². The maximum absolute atomic E-state index is 12.7. The summed E-state index contributed by atoms with van der Waals surface area (Å²) >= 11 is 0. The molecule has 2 aromatic rings. The lowest BCUT2D eigenvalue weighted by molar-refractivity contribution is 0.162. The van der Waals surface area contributed by atoms with Gasteiger partial charge in [-0.15, -0.1) is 0 Å². The molecule has 2 aromatic heterocycles. The quantitative estimate of drug-likeness (QED) is 0.872. The standard InChI is InChI=1S/C18H23N5O2/c24-18(22(16-4-5-16)12-14-6-10-25-13-14)20-11-15-3-1-7-19-17(15)23-9-2-8-21-23/h1-3,7-9,14,16H,4-6,10-13H2,(H,20,24)/t14-/m0/s1. The first-order valence-electron chi connectivity index (χ1n) is 8.87. The van der Waals surface area contributed by atoms with Crippen LogP contribution in [0.3, 0.4) is 0 Å². The Bertz CT molecular complexity index is 708. The van der Waals surface area contributed by atoms with Crippen LogP contribution in [0, 0.1) is 5.92 Å². The van der Waals surface area contributed by atoms with Gasteiger partial charge in [0.15, 0.2) is 5.82 Å². The molecule has 1 aliphatic heterocycles. The predicted molar refractivity (Wildman–Crippen MR) is 92.2 cm³/mol. The normalized spacial score (nSPS) is 19.8. The van der Waals surface area contributed by atoms with Crippen molar-refractivity contribution in [1.82, 2.24) is 25.0 Å². The number of hydrogen-bond acceptors (Lipinski definition) is 4. The Hall–Kier alpha value is -2.41. The molecule has 2 fully saturated rings. The number of carbonyl (C=O) groups excluding carboxylic acids is 1. The molecule has 0 bridgehead atoms. The third-order valence-electron chi connectivity index (χ3n) is 4.75. The fourth-order valence-electron chi connectivity index (χ4n) is 3.23. The van der Waals surface area contributed by atoms with Gasteiger partial charge in [0.25, 0.3) is 0 Å². The van der Waals surface area contributed by atoms with Crippen molar-refractivity contribution in [2.75, 3.05) is 19.8 Å². The number of amides is 2. The van der Waals surface area contributed by atoms with E-state index in [1.54, 1.807) is 17.1 Å². The molecule has 1 aliphatic carbocycles. The molecule has 1 atom stereocenters. The van der Waals surface area contributed by atoms with E-state index in [0.717, 1.165) is 50.4 Å². The van der Waals surface area contributed by atoms with Crippen LogP contribution in [0.25, 0.3) is 5.82 Å². The Morgan fingerprint density at radius 1 is 1.32 bits per heavy atom. The summed E-state index contributed by atoms with van der Waals surface area (Å²) in [6, 6.07) is 6.10. The number of hydrogen-bond donors (Lipinski definition) is 1. The lowest BCUT2D eigenvalue weighted by atomic mass is 10.1. The number of urea groups is 1. The van der Waals surface area contributed by atoms with E-state index in [1.165, 1.54) is 0 Å². The number of carbonyl (C=O) groups is 1. The highest BCUT2D eigenvalue weighted by Gasteiger charge is 2.34. The molecule has 2 aliphatic rings. The molecule has 1 saturated carbocycles. The number of nitrogens with zero attached hydrogens (tertiary/aromatic N) is 4. The van der Waals surface area contributed by atoms with E-state index in [0.29, 0.717) is 18.5 Å². The lowest BCUT2D eigenvalue weighted by Gasteiger charge is -2.25. The molecule has 0 aromatic carbocycles. The van der Waals surface area contributed by atoms with Gasteiger partial charge >= 0.3 is 6.03 Å². The van der Waals surface area contributed by atoms with Crippen LogP contribution in [-0.4, -0.2) is 51.5 Å². The highest BCUT2D eigenvalue weighted by Crippen LogP contribution is 2.29. The first-order valence-corrected chi connectivity index (χ1v) is 8.87. The van der Waals surface area contributed by atoms with E-state index in [2.05, 4.69) is 15.4 Å². The third kappa shape index (κ3) is 3.82. The van der Waals surface area contributed by atoms with Crippen molar-refractivity contribution in [1.29, 1.82) is 0 Å². The summed E-state index contributed by atoms with van der Waals surface area (Å²) in [6.07, 6.45) is 8.56. The number of aromatic nitrogens is 3. The fourth-order valence-corrected chi connectivity index (χ4v) is 3.23. The Kier molecular flexibility index (Phi) is 4.65. The first kappa shape index (κ1) is 16.1. The van der Waals surface area contributed by atoms with Crippen LogP contribution in [0.5, 0.6) is 0 Å². The molecule has 2 amide bonds. The molecule has 25 heavy (non-hydrogen) atoms. The summed E-state index contributed by atoms with van der Waals surface area (Å²) in [5.41, 5.74) is 0.944. The molecule has 0 unspecified atom stereocenters. The molecule has 4 rings (SSSR count). The first-order chi connectivity index (χ1) is 12.3. The molecule has 1 N–H and O–H groups in total. The van der Waals surface area contributed by atoms with E-state index in [-0.39, 0.29) is 6.03 Å². The molecule has 7 nitrogen and oxygen atoms in total. The average molecular weight is 341 g/mol. The van der Waals surface area contributed by atoms with Gasteiger partial charge in [-0.25, -0.2) is 14.5 Å². The fraction of sp³-hybridized carbons (Fsp3) is 0.500. The summed E-state index contributed by atoms with van der Waals surface area (Å²) < 4.78 is 7.17. The van der Waals surface area contributed by atoms with Crippen molar-refractivity contribution in [3.63, 3.8) is 0 Å². The predicted octanol–water partition coefficient (Wildman–Crippen LogP) is 1.98. The molecular formula is C18H23N5O2. The van der Waals surface area contributed by atoms with Crippen LogP contribution in [-0.2, 0) is 11.3 Å². The van der Waals surface area contributed by atoms with Crippen molar-refractivity contribution < 1.29 is 9.53 Å². The molecule has 1 saturated heterocycles. The number of ether oxygens (including phenoxy) is 1. The van der Waals surface area contributed by atoms with Gasteiger partial charge in [-0.3, -0.25) is 0 Å². The van der Waals surface area contributed by atoms with Crippen LogP contribution in [0.1, 0.15) is 24.8 Å². The highest BCUT2D eigenvalue weighted by atomic mass is 16.5. The summed E-state index contributed by atoms with van der Waals surface area (Å²) in [5, 5.41) is 7.29. The summed E-state index contributed by atoms with van der Waals surface area (Å²) in [4.78, 5) is 19.1. The second-order valence-electron chi connectivity index (χ2n) is 6.71. The van der Waals surface area contributed by atoms with Crippen LogP contribution in [0.15, 0.2) is 36.8 Å². The van der Waals surface area contributed by atoms with Gasteiger partial charge in [0.05, 0.1) is 6.61 Å². The SMILES string of the molecule is O=C(NCc1cccnc1-n1cccn1)N(C[C@@H]1CCOC1)C1CC1.